The zero-order valence-corrected chi connectivity index (χ0v) is 14.5. The lowest BCUT2D eigenvalue weighted by Gasteiger charge is -2.11. The second kappa shape index (κ2) is 9.79. The van der Waals surface area contributed by atoms with E-state index in [1.54, 1.807) is 0 Å². The topological polar surface area (TPSA) is 47.6 Å². The van der Waals surface area contributed by atoms with Crippen LogP contribution in [0.3, 0.4) is 0 Å². The van der Waals surface area contributed by atoms with Gasteiger partial charge in [0.15, 0.2) is 0 Å². The number of hydrogen-bond donors (Lipinski definition) is 1. The van der Waals surface area contributed by atoms with Gasteiger partial charge in [-0.25, -0.2) is 0 Å². The third kappa shape index (κ3) is 7.48. The molecule has 4 nitrogen and oxygen atoms in total. The Morgan fingerprint density at radius 2 is 2.14 bits per heavy atom. The first kappa shape index (κ1) is 18.0. The number of methoxy groups -OCH3 is 1. The van der Waals surface area contributed by atoms with Crippen molar-refractivity contribution in [3.05, 3.63) is 28.2 Å². The summed E-state index contributed by atoms with van der Waals surface area (Å²) in [7, 11) is 1.39. The molecular weight excluding hydrogens is 334 g/mol. The maximum Gasteiger partial charge on any atom is 0.305 e. The van der Waals surface area contributed by atoms with Crippen LogP contribution < -0.4 is 10.1 Å². The molecule has 0 fully saturated rings. The molecule has 0 atom stereocenters. The summed E-state index contributed by atoms with van der Waals surface area (Å²) in [5, 5.41) is 3.41. The van der Waals surface area contributed by atoms with Crippen molar-refractivity contribution in [3.8, 4) is 5.75 Å². The lowest BCUT2D eigenvalue weighted by atomic mass is 10.2. The van der Waals surface area contributed by atoms with Crippen molar-refractivity contribution >= 4 is 21.9 Å². The van der Waals surface area contributed by atoms with E-state index < -0.39 is 0 Å². The first-order valence-electron chi connectivity index (χ1n) is 7.21. The first-order valence-corrected chi connectivity index (χ1v) is 8.01. The van der Waals surface area contributed by atoms with E-state index in [1.165, 1.54) is 12.7 Å². The Morgan fingerprint density at radius 3 is 2.76 bits per heavy atom. The van der Waals surface area contributed by atoms with Gasteiger partial charge in [0.05, 0.1) is 18.2 Å². The largest absolute Gasteiger partial charge is 0.492 e. The van der Waals surface area contributed by atoms with Gasteiger partial charge in [-0.1, -0.05) is 19.9 Å². The third-order valence-electron chi connectivity index (χ3n) is 2.89. The fraction of sp³-hybridized carbons (Fsp3) is 0.562. The molecule has 0 radical (unpaired) electrons. The van der Waals surface area contributed by atoms with Crippen LogP contribution in [-0.2, 0) is 16.1 Å². The molecule has 21 heavy (non-hydrogen) atoms. The van der Waals surface area contributed by atoms with Crippen LogP contribution >= 0.6 is 15.9 Å². The highest BCUT2D eigenvalue weighted by Gasteiger charge is 2.05. The number of hydrogen-bond acceptors (Lipinski definition) is 4. The number of rotatable bonds is 9. The van der Waals surface area contributed by atoms with E-state index >= 15 is 0 Å². The van der Waals surface area contributed by atoms with E-state index in [1.807, 2.05) is 12.1 Å². The van der Waals surface area contributed by atoms with Gasteiger partial charge in [-0.15, -0.1) is 0 Å². The van der Waals surface area contributed by atoms with Crippen molar-refractivity contribution in [3.63, 3.8) is 0 Å². The highest BCUT2D eigenvalue weighted by Crippen LogP contribution is 2.26. The molecule has 0 heterocycles. The fourth-order valence-electron chi connectivity index (χ4n) is 1.78. The Bertz CT molecular complexity index is 449. The average Bonchev–Trinajstić information content (AvgIpc) is 2.44. The van der Waals surface area contributed by atoms with Crippen molar-refractivity contribution in [2.24, 2.45) is 5.92 Å². The van der Waals surface area contributed by atoms with Gasteiger partial charge in [0, 0.05) is 13.0 Å². The number of esters is 1. The molecule has 0 spiro atoms. The molecular formula is C16H24BrNO3. The minimum atomic E-state index is -0.204. The van der Waals surface area contributed by atoms with E-state index in [2.05, 4.69) is 45.9 Å². The molecule has 0 aliphatic carbocycles. The summed E-state index contributed by atoms with van der Waals surface area (Å²) in [4.78, 5) is 11.0. The van der Waals surface area contributed by atoms with Gasteiger partial charge < -0.3 is 14.8 Å². The molecule has 1 aromatic carbocycles. The summed E-state index contributed by atoms with van der Waals surface area (Å²) in [6.45, 7) is 6.73. The lowest BCUT2D eigenvalue weighted by Crippen LogP contribution is -2.18. The van der Waals surface area contributed by atoms with Crippen molar-refractivity contribution < 1.29 is 14.3 Å². The van der Waals surface area contributed by atoms with Crippen LogP contribution in [0.4, 0.5) is 0 Å². The predicted octanol–water partition coefficient (Wildman–Crippen LogP) is 3.53. The zero-order valence-electron chi connectivity index (χ0n) is 12.9. The van der Waals surface area contributed by atoms with E-state index in [0.717, 1.165) is 23.3 Å². The monoisotopic (exact) mass is 357 g/mol. The van der Waals surface area contributed by atoms with E-state index in [9.17, 15) is 4.79 Å². The van der Waals surface area contributed by atoms with Gasteiger partial charge in [0.2, 0.25) is 0 Å². The van der Waals surface area contributed by atoms with Crippen LogP contribution in [0.5, 0.6) is 5.75 Å². The van der Waals surface area contributed by atoms with Crippen molar-refractivity contribution in [2.75, 3.05) is 20.3 Å². The molecule has 0 aliphatic heterocycles. The quantitative estimate of drug-likeness (QED) is 0.542. The SMILES string of the molecule is COC(=O)CCCOc1ccc(CNCC(C)C)cc1Br. The summed E-state index contributed by atoms with van der Waals surface area (Å²) in [6.07, 6.45) is 1.03. The summed E-state index contributed by atoms with van der Waals surface area (Å²) in [5.41, 5.74) is 1.21. The van der Waals surface area contributed by atoms with E-state index in [4.69, 9.17) is 4.74 Å². The molecule has 1 rings (SSSR count). The van der Waals surface area contributed by atoms with Gasteiger partial charge >= 0.3 is 5.97 Å². The predicted molar refractivity (Wildman–Crippen MR) is 87.4 cm³/mol. The van der Waals surface area contributed by atoms with Crippen LogP contribution in [0, 0.1) is 5.92 Å². The number of nitrogens with one attached hydrogen (secondary N) is 1. The second-order valence-corrected chi connectivity index (χ2v) is 6.17. The number of benzene rings is 1. The molecule has 0 bridgehead atoms. The van der Waals surface area contributed by atoms with Gasteiger partial charge in [-0.2, -0.15) is 0 Å². The van der Waals surface area contributed by atoms with Gasteiger partial charge in [0.25, 0.3) is 0 Å². The molecule has 0 aromatic heterocycles. The van der Waals surface area contributed by atoms with Crippen molar-refractivity contribution in [1.82, 2.24) is 5.32 Å². The van der Waals surface area contributed by atoms with Crippen LogP contribution in [-0.4, -0.2) is 26.2 Å². The molecule has 0 saturated carbocycles. The van der Waals surface area contributed by atoms with Crippen LogP contribution in [0.25, 0.3) is 0 Å². The maximum absolute atomic E-state index is 11.0. The Kier molecular flexibility index (Phi) is 8.38. The smallest absolute Gasteiger partial charge is 0.305 e. The molecule has 1 aromatic rings. The normalized spacial score (nSPS) is 10.7. The molecule has 0 aliphatic rings. The number of halogens is 1. The van der Waals surface area contributed by atoms with Crippen molar-refractivity contribution in [1.29, 1.82) is 0 Å². The first-order chi connectivity index (χ1) is 10.0. The Labute approximate surface area is 135 Å². The highest BCUT2D eigenvalue weighted by atomic mass is 79.9. The standard InChI is InChI=1S/C16H24BrNO3/c1-12(2)10-18-11-13-6-7-15(14(17)9-13)21-8-4-5-16(19)20-3/h6-7,9,12,18H,4-5,8,10-11H2,1-3H3. The second-order valence-electron chi connectivity index (χ2n) is 5.32. The average molecular weight is 358 g/mol. The number of ether oxygens (including phenoxy) is 2. The molecule has 1 N–H and O–H groups in total. The van der Waals surface area contributed by atoms with Gasteiger partial charge in [0.1, 0.15) is 5.75 Å². The Hall–Kier alpha value is -1.07. The zero-order chi connectivity index (χ0) is 15.7. The molecule has 118 valence electrons. The van der Waals surface area contributed by atoms with Gasteiger partial charge in [-0.05, 0) is 52.5 Å². The van der Waals surface area contributed by atoms with Crippen molar-refractivity contribution in [2.45, 2.75) is 33.2 Å². The van der Waals surface area contributed by atoms with Crippen LogP contribution in [0.15, 0.2) is 22.7 Å². The number of carbonyl (C=O) groups is 1. The Morgan fingerprint density at radius 1 is 1.38 bits per heavy atom. The third-order valence-corrected chi connectivity index (χ3v) is 3.51. The summed E-state index contributed by atoms with van der Waals surface area (Å²) in [6, 6.07) is 6.06. The summed E-state index contributed by atoms with van der Waals surface area (Å²) in [5.74, 6) is 1.24. The molecule has 5 heteroatoms. The Balaban J connectivity index is 2.37. The minimum absolute atomic E-state index is 0.204. The maximum atomic E-state index is 11.0. The highest BCUT2D eigenvalue weighted by molar-refractivity contribution is 9.10. The van der Waals surface area contributed by atoms with Crippen LogP contribution in [0.1, 0.15) is 32.3 Å². The van der Waals surface area contributed by atoms with E-state index in [-0.39, 0.29) is 5.97 Å². The molecule has 0 amide bonds. The lowest BCUT2D eigenvalue weighted by molar-refractivity contribution is -0.140. The van der Waals surface area contributed by atoms with E-state index in [0.29, 0.717) is 25.4 Å². The summed E-state index contributed by atoms with van der Waals surface area (Å²) < 4.78 is 11.2. The van der Waals surface area contributed by atoms with Gasteiger partial charge in [-0.3, -0.25) is 4.79 Å². The molecule has 0 saturated heterocycles. The molecule has 0 unspecified atom stereocenters. The van der Waals surface area contributed by atoms with Crippen LogP contribution in [0.2, 0.25) is 0 Å². The summed E-state index contributed by atoms with van der Waals surface area (Å²) >= 11 is 3.52. The minimum Gasteiger partial charge on any atom is -0.492 e. The fourth-order valence-corrected chi connectivity index (χ4v) is 2.32. The number of carbonyl (C=O) groups excluding carboxylic acids is 1.